The van der Waals surface area contributed by atoms with E-state index in [9.17, 15) is 4.79 Å². The lowest BCUT2D eigenvalue weighted by atomic mass is 10.00. The van der Waals surface area contributed by atoms with Crippen LogP contribution in [0, 0.1) is 0 Å². The van der Waals surface area contributed by atoms with E-state index in [2.05, 4.69) is 17.1 Å². The van der Waals surface area contributed by atoms with Gasteiger partial charge in [0.25, 0.3) is 0 Å². The molecule has 0 aromatic heterocycles. The summed E-state index contributed by atoms with van der Waals surface area (Å²) < 4.78 is 5.54. The number of hydrogen-bond acceptors (Lipinski definition) is 3. The molecule has 18 heavy (non-hydrogen) atoms. The van der Waals surface area contributed by atoms with Gasteiger partial charge in [-0.1, -0.05) is 6.92 Å². The molecule has 0 aliphatic carbocycles. The zero-order valence-electron chi connectivity index (χ0n) is 11.5. The molecule has 2 fully saturated rings. The maximum Gasteiger partial charge on any atom is 0.236 e. The van der Waals surface area contributed by atoms with Crippen LogP contribution in [0.25, 0.3) is 0 Å². The van der Waals surface area contributed by atoms with Crippen molar-refractivity contribution in [3.05, 3.63) is 0 Å². The first-order valence-corrected chi connectivity index (χ1v) is 7.43. The molecule has 4 nitrogen and oxygen atoms in total. The highest BCUT2D eigenvalue weighted by molar-refractivity contribution is 5.78. The van der Waals surface area contributed by atoms with E-state index in [1.54, 1.807) is 0 Å². The summed E-state index contributed by atoms with van der Waals surface area (Å²) in [5.41, 5.74) is 0. The molecule has 2 rings (SSSR count). The van der Waals surface area contributed by atoms with Gasteiger partial charge in [0, 0.05) is 25.7 Å². The normalized spacial score (nSPS) is 28.6. The number of hydrogen-bond donors (Lipinski definition) is 1. The minimum atomic E-state index is 0.263. The molecule has 1 amide bonds. The summed E-state index contributed by atoms with van der Waals surface area (Å²) in [5.74, 6) is 0.263. The molecule has 0 spiro atoms. The average molecular weight is 254 g/mol. The Labute approximate surface area is 110 Å². The summed E-state index contributed by atoms with van der Waals surface area (Å²) in [6.45, 7) is 5.28. The van der Waals surface area contributed by atoms with E-state index in [1.165, 1.54) is 12.8 Å². The number of amides is 1. The number of carbonyl (C=O) groups is 1. The van der Waals surface area contributed by atoms with E-state index >= 15 is 0 Å². The Morgan fingerprint density at radius 2 is 2.22 bits per heavy atom. The van der Waals surface area contributed by atoms with Gasteiger partial charge in [-0.2, -0.15) is 0 Å². The average Bonchev–Trinajstić information content (AvgIpc) is 2.91. The molecule has 104 valence electrons. The van der Waals surface area contributed by atoms with Gasteiger partial charge >= 0.3 is 0 Å². The molecule has 0 aromatic carbocycles. The Kier molecular flexibility index (Phi) is 5.45. The Hall–Kier alpha value is -0.610. The molecule has 0 unspecified atom stereocenters. The molecule has 2 heterocycles. The summed E-state index contributed by atoms with van der Waals surface area (Å²) in [5, 5.41) is 3.25. The summed E-state index contributed by atoms with van der Waals surface area (Å²) in [4.78, 5) is 14.2. The summed E-state index contributed by atoms with van der Waals surface area (Å²) in [7, 11) is 0. The number of piperidine rings is 1. The van der Waals surface area contributed by atoms with Gasteiger partial charge in [-0.05, 0) is 38.5 Å². The standard InChI is InChI=1S/C14H26N2O2/c1-2-12-6-3-4-8-16(12)14(17)11-15-10-13-7-5-9-18-13/h12-13,15H,2-11H2,1H3/t12-,13-/m1/s1. The Morgan fingerprint density at radius 1 is 1.33 bits per heavy atom. The van der Waals surface area contributed by atoms with E-state index in [-0.39, 0.29) is 5.91 Å². The monoisotopic (exact) mass is 254 g/mol. The fourth-order valence-corrected chi connectivity index (χ4v) is 3.00. The quantitative estimate of drug-likeness (QED) is 0.809. The first-order valence-electron chi connectivity index (χ1n) is 7.43. The van der Waals surface area contributed by atoms with Crippen LogP contribution in [0.4, 0.5) is 0 Å². The molecular weight excluding hydrogens is 228 g/mol. The van der Waals surface area contributed by atoms with Gasteiger partial charge in [-0.25, -0.2) is 0 Å². The second-order valence-corrected chi connectivity index (χ2v) is 5.41. The lowest BCUT2D eigenvalue weighted by Crippen LogP contribution is -2.47. The highest BCUT2D eigenvalue weighted by Gasteiger charge is 2.25. The van der Waals surface area contributed by atoms with Crippen molar-refractivity contribution in [2.75, 3.05) is 26.2 Å². The van der Waals surface area contributed by atoms with Crippen molar-refractivity contribution in [2.45, 2.75) is 57.6 Å². The molecule has 0 bridgehead atoms. The van der Waals surface area contributed by atoms with Crippen LogP contribution in [0.1, 0.15) is 45.4 Å². The molecule has 0 aromatic rings. The zero-order valence-corrected chi connectivity index (χ0v) is 11.5. The first-order chi connectivity index (χ1) is 8.81. The van der Waals surface area contributed by atoms with Gasteiger partial charge in [0.1, 0.15) is 0 Å². The first kappa shape index (κ1) is 13.8. The van der Waals surface area contributed by atoms with E-state index < -0.39 is 0 Å². The highest BCUT2D eigenvalue weighted by Crippen LogP contribution is 2.19. The Bertz CT molecular complexity index is 265. The van der Waals surface area contributed by atoms with Gasteiger partial charge < -0.3 is 15.0 Å². The number of ether oxygens (including phenoxy) is 1. The van der Waals surface area contributed by atoms with Crippen LogP contribution in [0.15, 0.2) is 0 Å². The highest BCUT2D eigenvalue weighted by atomic mass is 16.5. The minimum Gasteiger partial charge on any atom is -0.377 e. The maximum atomic E-state index is 12.2. The predicted octanol–water partition coefficient (Wildman–Crippen LogP) is 1.55. The maximum absolute atomic E-state index is 12.2. The molecule has 2 atom stereocenters. The second kappa shape index (κ2) is 7.10. The topological polar surface area (TPSA) is 41.6 Å². The van der Waals surface area contributed by atoms with Gasteiger partial charge in [-0.3, -0.25) is 4.79 Å². The second-order valence-electron chi connectivity index (χ2n) is 5.41. The van der Waals surface area contributed by atoms with Crippen molar-refractivity contribution < 1.29 is 9.53 Å². The van der Waals surface area contributed by atoms with Gasteiger partial charge in [0.05, 0.1) is 12.6 Å². The van der Waals surface area contributed by atoms with E-state index in [4.69, 9.17) is 4.74 Å². The number of likely N-dealkylation sites (tertiary alicyclic amines) is 1. The number of nitrogens with zero attached hydrogens (tertiary/aromatic N) is 1. The third-order valence-electron chi connectivity index (χ3n) is 4.09. The van der Waals surface area contributed by atoms with Crippen molar-refractivity contribution in [1.82, 2.24) is 10.2 Å². The van der Waals surface area contributed by atoms with Crippen molar-refractivity contribution in [3.63, 3.8) is 0 Å². The Balaban J connectivity index is 1.69. The molecule has 4 heteroatoms. The molecule has 0 saturated carbocycles. The number of rotatable bonds is 5. The van der Waals surface area contributed by atoms with Gasteiger partial charge in [0.2, 0.25) is 5.91 Å². The van der Waals surface area contributed by atoms with Crippen molar-refractivity contribution in [1.29, 1.82) is 0 Å². The van der Waals surface area contributed by atoms with Gasteiger partial charge in [0.15, 0.2) is 0 Å². The molecule has 1 N–H and O–H groups in total. The fourth-order valence-electron chi connectivity index (χ4n) is 3.00. The molecular formula is C14H26N2O2. The van der Waals surface area contributed by atoms with Crippen molar-refractivity contribution in [2.24, 2.45) is 0 Å². The minimum absolute atomic E-state index is 0.263. The van der Waals surface area contributed by atoms with E-state index in [0.717, 1.165) is 45.4 Å². The number of carbonyl (C=O) groups excluding carboxylic acids is 1. The third kappa shape index (κ3) is 3.69. The molecule has 2 aliphatic rings. The largest absolute Gasteiger partial charge is 0.377 e. The molecule has 2 aliphatic heterocycles. The SMILES string of the molecule is CC[C@@H]1CCCCN1C(=O)CNC[C@H]1CCCO1. The zero-order chi connectivity index (χ0) is 12.8. The van der Waals surface area contributed by atoms with Crippen LogP contribution in [0.5, 0.6) is 0 Å². The molecule has 2 saturated heterocycles. The van der Waals surface area contributed by atoms with E-state index in [1.807, 2.05) is 0 Å². The van der Waals surface area contributed by atoms with E-state index in [0.29, 0.717) is 18.7 Å². The summed E-state index contributed by atoms with van der Waals surface area (Å²) in [6.07, 6.45) is 7.29. The van der Waals surface area contributed by atoms with Crippen LogP contribution in [0.3, 0.4) is 0 Å². The fraction of sp³-hybridized carbons (Fsp3) is 0.929. The van der Waals surface area contributed by atoms with Crippen LogP contribution in [-0.4, -0.2) is 49.2 Å². The van der Waals surface area contributed by atoms with Crippen LogP contribution >= 0.6 is 0 Å². The third-order valence-corrected chi connectivity index (χ3v) is 4.09. The van der Waals surface area contributed by atoms with Crippen molar-refractivity contribution >= 4 is 5.91 Å². The van der Waals surface area contributed by atoms with Gasteiger partial charge in [-0.15, -0.1) is 0 Å². The van der Waals surface area contributed by atoms with Crippen LogP contribution < -0.4 is 5.32 Å². The predicted molar refractivity (Wildman–Crippen MR) is 71.5 cm³/mol. The molecule has 0 radical (unpaired) electrons. The lowest BCUT2D eigenvalue weighted by molar-refractivity contribution is -0.134. The summed E-state index contributed by atoms with van der Waals surface area (Å²) in [6, 6.07) is 0.468. The smallest absolute Gasteiger partial charge is 0.236 e. The Morgan fingerprint density at radius 3 is 2.94 bits per heavy atom. The number of nitrogens with one attached hydrogen (secondary N) is 1. The van der Waals surface area contributed by atoms with Crippen LogP contribution in [0.2, 0.25) is 0 Å². The lowest BCUT2D eigenvalue weighted by Gasteiger charge is -2.35. The van der Waals surface area contributed by atoms with Crippen molar-refractivity contribution in [3.8, 4) is 0 Å². The summed E-state index contributed by atoms with van der Waals surface area (Å²) >= 11 is 0. The van der Waals surface area contributed by atoms with Crippen LogP contribution in [-0.2, 0) is 9.53 Å².